The SMILES string of the molecule is CCOc1oc(-c2ccc(Br)s2)nc1C(=O)O. The number of aromatic carboxylic acids is 1. The maximum atomic E-state index is 10.9. The molecule has 0 spiro atoms. The van der Waals surface area contributed by atoms with Crippen molar-refractivity contribution in [3.05, 3.63) is 21.6 Å². The van der Waals surface area contributed by atoms with Crippen molar-refractivity contribution in [2.75, 3.05) is 6.61 Å². The highest BCUT2D eigenvalue weighted by molar-refractivity contribution is 9.11. The minimum absolute atomic E-state index is 0.0560. The van der Waals surface area contributed by atoms with Crippen molar-refractivity contribution in [3.63, 3.8) is 0 Å². The Morgan fingerprint density at radius 1 is 1.65 bits per heavy atom. The van der Waals surface area contributed by atoms with E-state index in [2.05, 4.69) is 20.9 Å². The molecule has 0 saturated heterocycles. The molecule has 7 heteroatoms. The van der Waals surface area contributed by atoms with Crippen LogP contribution in [0.25, 0.3) is 10.8 Å². The lowest BCUT2D eigenvalue weighted by molar-refractivity contribution is 0.0683. The summed E-state index contributed by atoms with van der Waals surface area (Å²) in [6.07, 6.45) is 0. The van der Waals surface area contributed by atoms with Gasteiger partial charge in [0.1, 0.15) is 0 Å². The zero-order valence-electron chi connectivity index (χ0n) is 8.77. The second-order valence-corrected chi connectivity index (χ2v) is 5.46. The van der Waals surface area contributed by atoms with E-state index in [4.69, 9.17) is 14.3 Å². The molecule has 0 aliphatic carbocycles. The summed E-state index contributed by atoms with van der Waals surface area (Å²) in [4.78, 5) is 15.6. The number of carboxylic acid groups (broad SMARTS) is 1. The van der Waals surface area contributed by atoms with Crippen LogP contribution in [0.1, 0.15) is 17.4 Å². The van der Waals surface area contributed by atoms with Gasteiger partial charge in [0, 0.05) is 0 Å². The number of carboxylic acids is 1. The molecular weight excluding hydrogens is 310 g/mol. The molecule has 0 amide bonds. The first-order chi connectivity index (χ1) is 8.11. The molecule has 0 radical (unpaired) electrons. The summed E-state index contributed by atoms with van der Waals surface area (Å²) in [7, 11) is 0. The molecule has 5 nitrogen and oxygen atoms in total. The number of nitrogens with zero attached hydrogens (tertiary/aromatic N) is 1. The Bertz CT molecular complexity index is 548. The van der Waals surface area contributed by atoms with E-state index in [9.17, 15) is 4.79 Å². The summed E-state index contributed by atoms with van der Waals surface area (Å²) in [6.45, 7) is 2.07. The fourth-order valence-electron chi connectivity index (χ4n) is 1.20. The van der Waals surface area contributed by atoms with E-state index in [1.807, 2.05) is 6.07 Å². The Hall–Kier alpha value is -1.34. The number of aromatic nitrogens is 1. The van der Waals surface area contributed by atoms with Gasteiger partial charge in [0.05, 0.1) is 15.3 Å². The Labute approximate surface area is 109 Å². The van der Waals surface area contributed by atoms with Gasteiger partial charge >= 0.3 is 11.9 Å². The standard InChI is InChI=1S/C10H8BrNO4S/c1-2-15-10-7(9(13)14)12-8(16-10)5-3-4-6(11)17-5/h3-4H,2H2,1H3,(H,13,14). The lowest BCUT2D eigenvalue weighted by atomic mass is 10.4. The van der Waals surface area contributed by atoms with E-state index >= 15 is 0 Å². The number of carbonyl (C=O) groups is 1. The van der Waals surface area contributed by atoms with Gasteiger partial charge in [-0.25, -0.2) is 4.79 Å². The number of hydrogen-bond donors (Lipinski definition) is 1. The Balaban J connectivity index is 2.43. The van der Waals surface area contributed by atoms with Crippen LogP contribution in [0.2, 0.25) is 0 Å². The van der Waals surface area contributed by atoms with Gasteiger partial charge in [0.15, 0.2) is 0 Å². The van der Waals surface area contributed by atoms with Gasteiger partial charge in [-0.3, -0.25) is 0 Å². The van der Waals surface area contributed by atoms with Crippen LogP contribution >= 0.6 is 27.3 Å². The number of hydrogen-bond acceptors (Lipinski definition) is 5. The molecule has 0 fully saturated rings. The van der Waals surface area contributed by atoms with Gasteiger partial charge in [-0.2, -0.15) is 4.98 Å². The zero-order chi connectivity index (χ0) is 12.4. The lowest BCUT2D eigenvalue weighted by Gasteiger charge is -1.96. The molecule has 17 heavy (non-hydrogen) atoms. The van der Waals surface area contributed by atoms with Gasteiger partial charge in [-0.15, -0.1) is 11.3 Å². The number of thiophene rings is 1. The minimum atomic E-state index is -1.17. The molecule has 0 saturated carbocycles. The van der Waals surface area contributed by atoms with Crippen LogP contribution in [0.3, 0.4) is 0 Å². The zero-order valence-corrected chi connectivity index (χ0v) is 11.2. The lowest BCUT2D eigenvalue weighted by Crippen LogP contribution is -2.01. The summed E-state index contributed by atoms with van der Waals surface area (Å²) in [5, 5.41) is 8.95. The average Bonchev–Trinajstić information content (AvgIpc) is 2.85. The topological polar surface area (TPSA) is 72.6 Å². The van der Waals surface area contributed by atoms with Gasteiger partial charge < -0.3 is 14.3 Å². The van der Waals surface area contributed by atoms with Crippen molar-refractivity contribution >= 4 is 33.2 Å². The fourth-order valence-corrected chi connectivity index (χ4v) is 2.52. The molecule has 0 atom stereocenters. The van der Waals surface area contributed by atoms with E-state index < -0.39 is 5.97 Å². The third kappa shape index (κ3) is 2.50. The van der Waals surface area contributed by atoms with Crippen LogP contribution in [0.4, 0.5) is 0 Å². The van der Waals surface area contributed by atoms with Crippen LogP contribution in [0, 0.1) is 0 Å². The quantitative estimate of drug-likeness (QED) is 0.937. The number of halogens is 1. The Kier molecular flexibility index (Phi) is 3.49. The molecule has 0 aliphatic rings. The summed E-state index contributed by atoms with van der Waals surface area (Å²) in [6, 6.07) is 3.63. The van der Waals surface area contributed by atoms with Crippen LogP contribution in [0.5, 0.6) is 5.95 Å². The van der Waals surface area contributed by atoms with Crippen LogP contribution in [-0.4, -0.2) is 22.7 Å². The van der Waals surface area contributed by atoms with Gasteiger partial charge in [-0.1, -0.05) is 0 Å². The third-order valence-corrected chi connectivity index (χ3v) is 3.47. The van der Waals surface area contributed by atoms with Crippen LogP contribution in [-0.2, 0) is 0 Å². The molecule has 90 valence electrons. The molecule has 2 aromatic rings. The Morgan fingerprint density at radius 3 is 2.94 bits per heavy atom. The number of ether oxygens (including phenoxy) is 1. The molecule has 1 N–H and O–H groups in total. The molecule has 2 heterocycles. The first kappa shape index (κ1) is 12.1. The first-order valence-electron chi connectivity index (χ1n) is 4.74. The summed E-state index contributed by atoms with van der Waals surface area (Å²) < 4.78 is 11.3. The second-order valence-electron chi connectivity index (χ2n) is 3.00. The van der Waals surface area contributed by atoms with Crippen molar-refractivity contribution in [1.82, 2.24) is 4.98 Å². The largest absolute Gasteiger partial charge is 0.476 e. The highest BCUT2D eigenvalue weighted by Crippen LogP contribution is 2.34. The molecule has 0 bridgehead atoms. The normalized spacial score (nSPS) is 10.5. The highest BCUT2D eigenvalue weighted by atomic mass is 79.9. The third-order valence-electron chi connectivity index (χ3n) is 1.86. The van der Waals surface area contributed by atoms with Crippen LogP contribution < -0.4 is 4.74 Å². The van der Waals surface area contributed by atoms with Gasteiger partial charge in [0.25, 0.3) is 0 Å². The molecule has 0 aromatic carbocycles. The van der Waals surface area contributed by atoms with E-state index in [0.29, 0.717) is 6.61 Å². The van der Waals surface area contributed by atoms with E-state index in [0.717, 1.165) is 8.66 Å². The first-order valence-corrected chi connectivity index (χ1v) is 6.35. The van der Waals surface area contributed by atoms with Crippen molar-refractivity contribution in [1.29, 1.82) is 0 Å². The maximum Gasteiger partial charge on any atom is 0.362 e. The summed E-state index contributed by atoms with van der Waals surface area (Å²) >= 11 is 4.72. The van der Waals surface area contributed by atoms with Crippen molar-refractivity contribution in [2.45, 2.75) is 6.92 Å². The molecule has 2 rings (SSSR count). The predicted octanol–water partition coefficient (Wildman–Crippen LogP) is 3.26. The maximum absolute atomic E-state index is 10.9. The van der Waals surface area contributed by atoms with Crippen molar-refractivity contribution < 1.29 is 19.1 Å². The molecule has 0 unspecified atom stereocenters. The van der Waals surface area contributed by atoms with E-state index in [1.54, 1.807) is 13.0 Å². The van der Waals surface area contributed by atoms with E-state index in [1.165, 1.54) is 11.3 Å². The minimum Gasteiger partial charge on any atom is -0.476 e. The van der Waals surface area contributed by atoms with Gasteiger partial charge in [-0.05, 0) is 35.0 Å². The molecule has 0 aliphatic heterocycles. The van der Waals surface area contributed by atoms with Crippen molar-refractivity contribution in [3.8, 4) is 16.7 Å². The predicted molar refractivity (Wildman–Crippen MR) is 65.6 cm³/mol. The number of oxazole rings is 1. The summed E-state index contributed by atoms with van der Waals surface area (Å²) in [5.41, 5.74) is -0.202. The monoisotopic (exact) mass is 317 g/mol. The number of rotatable bonds is 4. The molecular formula is C10H8BrNO4S. The Morgan fingerprint density at radius 2 is 2.41 bits per heavy atom. The van der Waals surface area contributed by atoms with Crippen molar-refractivity contribution in [2.24, 2.45) is 0 Å². The summed E-state index contributed by atoms with van der Waals surface area (Å²) in [5.74, 6) is -0.972. The highest BCUT2D eigenvalue weighted by Gasteiger charge is 2.22. The fraction of sp³-hybridized carbons (Fsp3) is 0.200. The van der Waals surface area contributed by atoms with Gasteiger partial charge in [0.2, 0.25) is 11.6 Å². The van der Waals surface area contributed by atoms with E-state index in [-0.39, 0.29) is 17.5 Å². The average molecular weight is 318 g/mol. The molecule has 2 aromatic heterocycles. The van der Waals surface area contributed by atoms with Crippen LogP contribution in [0.15, 0.2) is 20.3 Å². The second kappa shape index (κ2) is 4.89. The smallest absolute Gasteiger partial charge is 0.362 e.